The molecule has 3 nitrogen and oxygen atoms in total. The Kier molecular flexibility index (Phi) is 3.97. The van der Waals surface area contributed by atoms with Crippen molar-refractivity contribution in [3.63, 3.8) is 0 Å². The number of nitrogens with one attached hydrogen (secondary N) is 1. The van der Waals surface area contributed by atoms with Crippen LogP contribution in [-0.2, 0) is 0 Å². The summed E-state index contributed by atoms with van der Waals surface area (Å²) in [5.74, 6) is 1.83. The lowest BCUT2D eigenvalue weighted by atomic mass is 9.84. The van der Waals surface area contributed by atoms with E-state index in [-0.39, 0.29) is 0 Å². The minimum atomic E-state index is 0.588. The van der Waals surface area contributed by atoms with Crippen LogP contribution < -0.4 is 5.32 Å². The summed E-state index contributed by atoms with van der Waals surface area (Å²) in [6.07, 6.45) is 8.45. The van der Waals surface area contributed by atoms with Crippen molar-refractivity contribution in [2.75, 3.05) is 5.32 Å². The number of aromatic nitrogens is 2. The third kappa shape index (κ3) is 3.18. The highest BCUT2D eigenvalue weighted by Gasteiger charge is 2.20. The van der Waals surface area contributed by atoms with Crippen molar-refractivity contribution in [2.24, 2.45) is 5.92 Å². The molecular weight excluding hydrogens is 210 g/mol. The van der Waals surface area contributed by atoms with Gasteiger partial charge in [-0.3, -0.25) is 4.98 Å². The standard InChI is InChI=1S/C14H23N3/c1-4-12-6-5-7-13(8-12)17-14-9-15-10(2)11(3)16-14/h9,12-13H,4-8H2,1-3H3,(H,16,17). The molecule has 0 aromatic carbocycles. The smallest absolute Gasteiger partial charge is 0.145 e. The first kappa shape index (κ1) is 12.3. The van der Waals surface area contributed by atoms with Gasteiger partial charge in [0.2, 0.25) is 0 Å². The van der Waals surface area contributed by atoms with Gasteiger partial charge >= 0.3 is 0 Å². The average Bonchev–Trinajstić information content (AvgIpc) is 2.34. The summed E-state index contributed by atoms with van der Waals surface area (Å²) >= 11 is 0. The normalized spacial score (nSPS) is 24.6. The molecule has 1 saturated carbocycles. The Morgan fingerprint density at radius 3 is 2.82 bits per heavy atom. The van der Waals surface area contributed by atoms with E-state index in [1.165, 1.54) is 32.1 Å². The number of anilines is 1. The van der Waals surface area contributed by atoms with Crippen LogP contribution in [0.5, 0.6) is 0 Å². The topological polar surface area (TPSA) is 37.8 Å². The molecule has 17 heavy (non-hydrogen) atoms. The van der Waals surface area contributed by atoms with Gasteiger partial charge in [-0.15, -0.1) is 0 Å². The summed E-state index contributed by atoms with van der Waals surface area (Å²) in [7, 11) is 0. The Bertz CT molecular complexity index is 376. The molecule has 2 unspecified atom stereocenters. The fourth-order valence-corrected chi connectivity index (χ4v) is 2.61. The number of aryl methyl sites for hydroxylation is 2. The van der Waals surface area contributed by atoms with Crippen LogP contribution in [0.25, 0.3) is 0 Å². The van der Waals surface area contributed by atoms with Crippen molar-refractivity contribution in [3.8, 4) is 0 Å². The van der Waals surface area contributed by atoms with E-state index < -0.39 is 0 Å². The van der Waals surface area contributed by atoms with Gasteiger partial charge in [-0.25, -0.2) is 4.98 Å². The van der Waals surface area contributed by atoms with Gasteiger partial charge in [-0.2, -0.15) is 0 Å². The summed E-state index contributed by atoms with van der Waals surface area (Å²) in [6.45, 7) is 6.31. The van der Waals surface area contributed by atoms with Gasteiger partial charge in [0.25, 0.3) is 0 Å². The summed E-state index contributed by atoms with van der Waals surface area (Å²) in [5.41, 5.74) is 2.04. The molecule has 2 atom stereocenters. The van der Waals surface area contributed by atoms with Crippen molar-refractivity contribution in [2.45, 2.75) is 58.9 Å². The molecule has 1 fully saturated rings. The van der Waals surface area contributed by atoms with E-state index in [0.717, 1.165) is 23.1 Å². The molecule has 94 valence electrons. The fraction of sp³-hybridized carbons (Fsp3) is 0.714. The van der Waals surface area contributed by atoms with Gasteiger partial charge in [0.15, 0.2) is 0 Å². The Labute approximate surface area is 104 Å². The Hall–Kier alpha value is -1.12. The Balaban J connectivity index is 1.97. The highest BCUT2D eigenvalue weighted by atomic mass is 15.0. The van der Waals surface area contributed by atoms with Crippen LogP contribution >= 0.6 is 0 Å². The summed E-state index contributed by atoms with van der Waals surface area (Å²) in [6, 6.07) is 0.588. The van der Waals surface area contributed by atoms with Crippen molar-refractivity contribution in [3.05, 3.63) is 17.6 Å². The van der Waals surface area contributed by atoms with E-state index in [1.54, 1.807) is 0 Å². The molecule has 0 amide bonds. The molecule has 1 aliphatic carbocycles. The first-order valence-electron chi connectivity index (χ1n) is 6.75. The summed E-state index contributed by atoms with van der Waals surface area (Å²) in [5, 5.41) is 3.54. The highest BCUT2D eigenvalue weighted by Crippen LogP contribution is 2.28. The Morgan fingerprint density at radius 2 is 2.12 bits per heavy atom. The molecule has 1 aromatic rings. The second kappa shape index (κ2) is 5.48. The third-order valence-electron chi connectivity index (χ3n) is 3.90. The van der Waals surface area contributed by atoms with Gasteiger partial charge in [-0.05, 0) is 32.6 Å². The molecule has 1 aromatic heterocycles. The molecule has 1 N–H and O–H groups in total. The predicted octanol–water partition coefficient (Wildman–Crippen LogP) is 3.47. The Morgan fingerprint density at radius 1 is 1.29 bits per heavy atom. The van der Waals surface area contributed by atoms with Crippen molar-refractivity contribution in [1.29, 1.82) is 0 Å². The molecule has 1 heterocycles. The van der Waals surface area contributed by atoms with Crippen molar-refractivity contribution in [1.82, 2.24) is 9.97 Å². The lowest BCUT2D eigenvalue weighted by Crippen LogP contribution is -2.27. The van der Waals surface area contributed by atoms with Crippen LogP contribution in [0.3, 0.4) is 0 Å². The van der Waals surface area contributed by atoms with E-state index in [1.807, 2.05) is 20.0 Å². The second-order valence-corrected chi connectivity index (χ2v) is 5.21. The molecule has 1 aliphatic rings. The summed E-state index contributed by atoms with van der Waals surface area (Å²) in [4.78, 5) is 8.90. The van der Waals surface area contributed by atoms with Gasteiger partial charge in [0, 0.05) is 6.04 Å². The number of hydrogen-bond acceptors (Lipinski definition) is 3. The predicted molar refractivity (Wildman–Crippen MR) is 71.2 cm³/mol. The van der Waals surface area contributed by atoms with E-state index in [0.29, 0.717) is 6.04 Å². The highest BCUT2D eigenvalue weighted by molar-refractivity contribution is 5.34. The zero-order valence-corrected chi connectivity index (χ0v) is 11.2. The van der Waals surface area contributed by atoms with Crippen LogP contribution in [0.4, 0.5) is 5.82 Å². The lowest BCUT2D eigenvalue weighted by molar-refractivity contribution is 0.327. The van der Waals surface area contributed by atoms with Gasteiger partial charge in [0.1, 0.15) is 5.82 Å². The summed E-state index contributed by atoms with van der Waals surface area (Å²) < 4.78 is 0. The van der Waals surface area contributed by atoms with Crippen molar-refractivity contribution < 1.29 is 0 Å². The fourth-order valence-electron chi connectivity index (χ4n) is 2.61. The van der Waals surface area contributed by atoms with E-state index in [2.05, 4.69) is 22.2 Å². The van der Waals surface area contributed by atoms with Crippen LogP contribution in [0.2, 0.25) is 0 Å². The van der Waals surface area contributed by atoms with E-state index in [9.17, 15) is 0 Å². The van der Waals surface area contributed by atoms with Crippen LogP contribution in [-0.4, -0.2) is 16.0 Å². The maximum atomic E-state index is 4.54. The van der Waals surface area contributed by atoms with Gasteiger partial charge in [-0.1, -0.05) is 26.2 Å². The maximum Gasteiger partial charge on any atom is 0.145 e. The minimum absolute atomic E-state index is 0.588. The van der Waals surface area contributed by atoms with Crippen LogP contribution in [0.15, 0.2) is 6.20 Å². The molecule has 0 aliphatic heterocycles. The van der Waals surface area contributed by atoms with Crippen molar-refractivity contribution >= 4 is 5.82 Å². The number of rotatable bonds is 3. The molecule has 0 bridgehead atoms. The minimum Gasteiger partial charge on any atom is -0.366 e. The maximum absolute atomic E-state index is 4.54. The molecule has 3 heteroatoms. The lowest BCUT2D eigenvalue weighted by Gasteiger charge is -2.29. The molecule has 0 spiro atoms. The molecule has 2 rings (SSSR count). The van der Waals surface area contributed by atoms with Gasteiger partial charge in [0.05, 0.1) is 17.6 Å². The largest absolute Gasteiger partial charge is 0.366 e. The quantitative estimate of drug-likeness (QED) is 0.868. The van der Waals surface area contributed by atoms with E-state index >= 15 is 0 Å². The van der Waals surface area contributed by atoms with E-state index in [4.69, 9.17) is 0 Å². The first-order chi connectivity index (χ1) is 8.19. The van der Waals surface area contributed by atoms with Crippen LogP contribution in [0.1, 0.15) is 50.4 Å². The monoisotopic (exact) mass is 233 g/mol. The first-order valence-corrected chi connectivity index (χ1v) is 6.75. The average molecular weight is 233 g/mol. The van der Waals surface area contributed by atoms with Crippen LogP contribution in [0, 0.1) is 19.8 Å². The van der Waals surface area contributed by atoms with Gasteiger partial charge < -0.3 is 5.32 Å². The second-order valence-electron chi connectivity index (χ2n) is 5.21. The third-order valence-corrected chi connectivity index (χ3v) is 3.90. The zero-order valence-electron chi connectivity index (χ0n) is 11.2. The zero-order chi connectivity index (χ0) is 12.3. The molecule has 0 radical (unpaired) electrons. The molecular formula is C14H23N3. The number of hydrogen-bond donors (Lipinski definition) is 1. The molecule has 0 saturated heterocycles. The number of nitrogens with zero attached hydrogens (tertiary/aromatic N) is 2. The SMILES string of the molecule is CCC1CCCC(Nc2cnc(C)c(C)n2)C1.